The van der Waals surface area contributed by atoms with Crippen LogP contribution in [0.5, 0.6) is 0 Å². The van der Waals surface area contributed by atoms with Crippen molar-refractivity contribution >= 4 is 17.4 Å². The van der Waals surface area contributed by atoms with Gasteiger partial charge in [0.05, 0.1) is 11.6 Å². The molecule has 4 heteroatoms. The maximum Gasteiger partial charge on any atom is 0.306 e. The van der Waals surface area contributed by atoms with E-state index in [0.29, 0.717) is 24.8 Å². The molecule has 0 radical (unpaired) electrons. The Morgan fingerprint density at radius 2 is 1.90 bits per heavy atom. The van der Waals surface area contributed by atoms with Gasteiger partial charge < -0.3 is 10.0 Å². The van der Waals surface area contributed by atoms with Crippen LogP contribution in [0, 0.1) is 5.92 Å². The molecule has 0 aromatic heterocycles. The molecule has 1 N–H and O–H groups in total. The fourth-order valence-corrected chi connectivity index (χ4v) is 2.66. The number of carbonyl (C=O) groups excluding carboxylic acids is 1. The molecule has 1 aromatic carbocycles. The highest BCUT2D eigenvalue weighted by Crippen LogP contribution is 2.32. The Balaban J connectivity index is 2.48. The van der Waals surface area contributed by atoms with Crippen molar-refractivity contribution in [2.75, 3.05) is 14.1 Å². The first kappa shape index (κ1) is 14.3. The van der Waals surface area contributed by atoms with E-state index in [-0.39, 0.29) is 5.78 Å². The van der Waals surface area contributed by atoms with Crippen LogP contribution in [-0.4, -0.2) is 35.9 Å². The quantitative estimate of drug-likeness (QED) is 0.859. The third kappa shape index (κ3) is 2.90. The fraction of sp³-hybridized carbons (Fsp3) is 0.375. The average Bonchev–Trinajstić information content (AvgIpc) is 2.41. The van der Waals surface area contributed by atoms with E-state index >= 15 is 0 Å². The molecule has 0 heterocycles. The van der Waals surface area contributed by atoms with E-state index in [9.17, 15) is 14.7 Å². The van der Waals surface area contributed by atoms with Crippen molar-refractivity contribution in [2.24, 2.45) is 5.92 Å². The number of ketones is 1. The van der Waals surface area contributed by atoms with Crippen LogP contribution in [0.4, 0.5) is 0 Å². The normalized spacial score (nSPS) is 21.5. The monoisotopic (exact) mass is 273 g/mol. The number of hydrogen-bond acceptors (Lipinski definition) is 3. The highest BCUT2D eigenvalue weighted by Gasteiger charge is 2.31. The number of hydrogen-bond donors (Lipinski definition) is 1. The third-order valence-corrected chi connectivity index (χ3v) is 3.64. The molecule has 0 spiro atoms. The number of carboxylic acid groups (broad SMARTS) is 1. The predicted molar refractivity (Wildman–Crippen MR) is 77.0 cm³/mol. The number of Topliss-reactive ketones (excluding diaryl/α,β-unsaturated/α-hetero) is 1. The summed E-state index contributed by atoms with van der Waals surface area (Å²) in [6, 6.07) is 9.65. The topological polar surface area (TPSA) is 57.6 Å². The first-order valence-electron chi connectivity index (χ1n) is 6.72. The van der Waals surface area contributed by atoms with Gasteiger partial charge in [-0.05, 0) is 18.4 Å². The van der Waals surface area contributed by atoms with Crippen LogP contribution in [0.2, 0.25) is 0 Å². The molecule has 0 saturated heterocycles. The SMILES string of the molecule is CN(C)C(=C1CC(C(=O)O)CCC1=O)c1ccccc1. The minimum atomic E-state index is -0.818. The third-order valence-electron chi connectivity index (χ3n) is 3.64. The molecule has 20 heavy (non-hydrogen) atoms. The number of carbonyl (C=O) groups is 2. The van der Waals surface area contributed by atoms with Crippen LogP contribution in [0.3, 0.4) is 0 Å². The summed E-state index contributed by atoms with van der Waals surface area (Å²) in [6.07, 6.45) is 1.07. The van der Waals surface area contributed by atoms with Crippen LogP contribution in [0.1, 0.15) is 24.8 Å². The number of carboxylic acids is 1. The lowest BCUT2D eigenvalue weighted by molar-refractivity contribution is -0.142. The van der Waals surface area contributed by atoms with Gasteiger partial charge in [-0.3, -0.25) is 9.59 Å². The summed E-state index contributed by atoms with van der Waals surface area (Å²) < 4.78 is 0. The van der Waals surface area contributed by atoms with Gasteiger partial charge in [0.1, 0.15) is 0 Å². The summed E-state index contributed by atoms with van der Waals surface area (Å²) in [4.78, 5) is 25.3. The molecule has 0 bridgehead atoms. The Kier molecular flexibility index (Phi) is 4.23. The number of aliphatic carboxylic acids is 1. The zero-order valence-corrected chi connectivity index (χ0v) is 11.8. The van der Waals surface area contributed by atoms with Crippen molar-refractivity contribution in [1.29, 1.82) is 0 Å². The van der Waals surface area contributed by atoms with Gasteiger partial charge in [0.25, 0.3) is 0 Å². The van der Waals surface area contributed by atoms with E-state index in [4.69, 9.17) is 0 Å². The van der Waals surface area contributed by atoms with Crippen molar-refractivity contribution < 1.29 is 14.7 Å². The number of benzene rings is 1. The average molecular weight is 273 g/mol. The molecular formula is C16H19NO3. The summed E-state index contributed by atoms with van der Waals surface area (Å²) in [5.41, 5.74) is 2.42. The second-order valence-electron chi connectivity index (χ2n) is 5.29. The minimum absolute atomic E-state index is 0.0649. The Morgan fingerprint density at radius 1 is 1.25 bits per heavy atom. The predicted octanol–water partition coefficient (Wildman–Crippen LogP) is 2.41. The summed E-state index contributed by atoms with van der Waals surface area (Å²) in [5.74, 6) is -1.21. The Hall–Kier alpha value is -2.10. The summed E-state index contributed by atoms with van der Waals surface area (Å²) in [6.45, 7) is 0. The molecule has 106 valence electrons. The van der Waals surface area contributed by atoms with Gasteiger partial charge in [-0.1, -0.05) is 30.3 Å². The van der Waals surface area contributed by atoms with Crippen molar-refractivity contribution in [3.63, 3.8) is 0 Å². The lowest BCUT2D eigenvalue weighted by atomic mass is 9.82. The first-order valence-corrected chi connectivity index (χ1v) is 6.72. The van der Waals surface area contributed by atoms with Crippen molar-refractivity contribution in [2.45, 2.75) is 19.3 Å². The molecule has 1 unspecified atom stereocenters. The van der Waals surface area contributed by atoms with Gasteiger partial charge in [-0.2, -0.15) is 0 Å². The first-order chi connectivity index (χ1) is 9.50. The van der Waals surface area contributed by atoms with Crippen molar-refractivity contribution in [3.05, 3.63) is 41.5 Å². The minimum Gasteiger partial charge on any atom is -0.481 e. The molecule has 1 aromatic rings. The molecule has 1 atom stereocenters. The Labute approximate surface area is 118 Å². The molecular weight excluding hydrogens is 254 g/mol. The number of nitrogens with zero attached hydrogens (tertiary/aromatic N) is 1. The largest absolute Gasteiger partial charge is 0.481 e. The summed E-state index contributed by atoms with van der Waals surface area (Å²) in [7, 11) is 3.76. The highest BCUT2D eigenvalue weighted by molar-refractivity contribution is 6.03. The van der Waals surface area contributed by atoms with Crippen LogP contribution < -0.4 is 0 Å². The van der Waals surface area contributed by atoms with Gasteiger partial charge in [0, 0.05) is 26.1 Å². The van der Waals surface area contributed by atoms with Gasteiger partial charge in [0.2, 0.25) is 0 Å². The van der Waals surface area contributed by atoms with Crippen LogP contribution >= 0.6 is 0 Å². The van der Waals surface area contributed by atoms with E-state index in [1.165, 1.54) is 0 Å². The number of rotatable bonds is 3. The summed E-state index contributed by atoms with van der Waals surface area (Å²) >= 11 is 0. The van der Waals surface area contributed by atoms with E-state index < -0.39 is 11.9 Å². The van der Waals surface area contributed by atoms with E-state index in [1.807, 2.05) is 49.3 Å². The van der Waals surface area contributed by atoms with Gasteiger partial charge in [0.15, 0.2) is 5.78 Å². The highest BCUT2D eigenvalue weighted by atomic mass is 16.4. The van der Waals surface area contributed by atoms with Crippen LogP contribution in [-0.2, 0) is 9.59 Å². The molecule has 0 aliphatic heterocycles. The van der Waals surface area contributed by atoms with Crippen LogP contribution in [0.15, 0.2) is 35.9 Å². The van der Waals surface area contributed by atoms with E-state index in [2.05, 4.69) is 0 Å². The van der Waals surface area contributed by atoms with Crippen LogP contribution in [0.25, 0.3) is 5.70 Å². The van der Waals surface area contributed by atoms with Crippen molar-refractivity contribution in [1.82, 2.24) is 4.90 Å². The molecule has 1 saturated carbocycles. The lowest BCUT2D eigenvalue weighted by Gasteiger charge is -2.27. The maximum absolute atomic E-state index is 12.2. The molecule has 1 fully saturated rings. The van der Waals surface area contributed by atoms with E-state index in [1.54, 1.807) is 0 Å². The Morgan fingerprint density at radius 3 is 2.45 bits per heavy atom. The fourth-order valence-electron chi connectivity index (χ4n) is 2.66. The molecule has 0 amide bonds. The van der Waals surface area contributed by atoms with Gasteiger partial charge in [-0.25, -0.2) is 0 Å². The van der Waals surface area contributed by atoms with E-state index in [0.717, 1.165) is 11.3 Å². The smallest absolute Gasteiger partial charge is 0.306 e. The van der Waals surface area contributed by atoms with Gasteiger partial charge in [-0.15, -0.1) is 0 Å². The zero-order chi connectivity index (χ0) is 14.7. The van der Waals surface area contributed by atoms with Crippen molar-refractivity contribution in [3.8, 4) is 0 Å². The lowest BCUT2D eigenvalue weighted by Crippen LogP contribution is -2.26. The van der Waals surface area contributed by atoms with Gasteiger partial charge >= 0.3 is 5.97 Å². The number of allylic oxidation sites excluding steroid dienone is 1. The molecule has 4 nitrogen and oxygen atoms in total. The molecule has 1 aliphatic rings. The zero-order valence-electron chi connectivity index (χ0n) is 11.8. The second-order valence-corrected chi connectivity index (χ2v) is 5.29. The second kappa shape index (κ2) is 5.90. The summed E-state index contributed by atoms with van der Waals surface area (Å²) in [5, 5.41) is 9.19. The Bertz CT molecular complexity index is 546. The standard InChI is InChI=1S/C16H19NO3/c1-17(2)15(11-6-4-3-5-7-11)13-10-12(16(19)20)8-9-14(13)18/h3-7,12H,8-10H2,1-2H3,(H,19,20). The molecule has 2 rings (SSSR count). The molecule has 1 aliphatic carbocycles. The maximum atomic E-state index is 12.2.